The van der Waals surface area contributed by atoms with Crippen molar-refractivity contribution in [3.8, 4) is 0 Å². The van der Waals surface area contributed by atoms with Crippen molar-refractivity contribution in [1.82, 2.24) is 4.90 Å². The van der Waals surface area contributed by atoms with Crippen LogP contribution in [0.3, 0.4) is 0 Å². The summed E-state index contributed by atoms with van der Waals surface area (Å²) in [5.41, 5.74) is 2.68. The van der Waals surface area contributed by atoms with E-state index in [4.69, 9.17) is 0 Å². The normalized spacial score (nSPS) is 14.2. The number of amides is 3. The molecule has 3 N–H and O–H groups in total. The molecule has 1 aliphatic heterocycles. The molecule has 32 heavy (non-hydrogen) atoms. The molecule has 0 radical (unpaired) electrons. The molecule has 7 nitrogen and oxygen atoms in total. The number of nitrogens with zero attached hydrogens (tertiary/aromatic N) is 1. The molecule has 0 bridgehead atoms. The van der Waals surface area contributed by atoms with Crippen LogP contribution in [-0.4, -0.2) is 42.3 Å². The second-order valence-electron chi connectivity index (χ2n) is 8.68. The fourth-order valence-corrected chi connectivity index (χ4v) is 3.47. The summed E-state index contributed by atoms with van der Waals surface area (Å²) in [4.78, 5) is 38.7. The van der Waals surface area contributed by atoms with Gasteiger partial charge in [-0.3, -0.25) is 14.4 Å². The lowest BCUT2D eigenvalue weighted by molar-refractivity contribution is -0.119. The molecule has 1 fully saturated rings. The maximum absolute atomic E-state index is 12.8. The molecule has 2 aromatic carbocycles. The molecule has 1 saturated heterocycles. The fraction of sp³-hybridized carbons (Fsp3) is 0.400. The number of piperidine rings is 1. The van der Waals surface area contributed by atoms with Crippen LogP contribution in [-0.2, 0) is 9.59 Å². The van der Waals surface area contributed by atoms with Gasteiger partial charge in [-0.15, -0.1) is 0 Å². The number of hydrogen-bond donors (Lipinski definition) is 3. The standard InChI is InChI=1S/C25H32N4O3/c1-17(2)24(31)28-21-9-7-20(8-10-21)27-23(30)16-26-22-6-4-5-19(15-22)25(32)29-13-11-18(3)12-14-29/h4-10,15,17-18,26H,11-14,16H2,1-3H3,(H,27,30)(H,28,31). The molecule has 1 heterocycles. The van der Waals surface area contributed by atoms with E-state index in [0.29, 0.717) is 22.9 Å². The van der Waals surface area contributed by atoms with Gasteiger partial charge in [0.2, 0.25) is 11.8 Å². The van der Waals surface area contributed by atoms with Crippen molar-refractivity contribution in [3.05, 3.63) is 54.1 Å². The Labute approximate surface area is 189 Å². The second-order valence-corrected chi connectivity index (χ2v) is 8.68. The van der Waals surface area contributed by atoms with Gasteiger partial charge in [0.25, 0.3) is 5.91 Å². The van der Waals surface area contributed by atoms with Crippen LogP contribution in [0.15, 0.2) is 48.5 Å². The summed E-state index contributed by atoms with van der Waals surface area (Å²) in [6, 6.07) is 14.3. The lowest BCUT2D eigenvalue weighted by Crippen LogP contribution is -2.37. The molecule has 3 amide bonds. The van der Waals surface area contributed by atoms with E-state index < -0.39 is 0 Å². The highest BCUT2D eigenvalue weighted by atomic mass is 16.2. The largest absolute Gasteiger partial charge is 0.376 e. The Morgan fingerprint density at radius 1 is 0.938 bits per heavy atom. The lowest BCUT2D eigenvalue weighted by atomic mass is 9.98. The number of nitrogens with one attached hydrogen (secondary N) is 3. The van der Waals surface area contributed by atoms with Gasteiger partial charge in [0, 0.05) is 41.6 Å². The fourth-order valence-electron chi connectivity index (χ4n) is 3.47. The monoisotopic (exact) mass is 436 g/mol. The molecule has 7 heteroatoms. The molecule has 0 aliphatic carbocycles. The topological polar surface area (TPSA) is 90.5 Å². The van der Waals surface area contributed by atoms with E-state index in [1.54, 1.807) is 30.3 Å². The van der Waals surface area contributed by atoms with Crippen LogP contribution in [0.25, 0.3) is 0 Å². The van der Waals surface area contributed by atoms with E-state index in [9.17, 15) is 14.4 Å². The Hall–Kier alpha value is -3.35. The van der Waals surface area contributed by atoms with Gasteiger partial charge in [-0.25, -0.2) is 0 Å². The van der Waals surface area contributed by atoms with Gasteiger partial charge in [0.05, 0.1) is 6.54 Å². The van der Waals surface area contributed by atoms with Crippen LogP contribution in [0.1, 0.15) is 44.0 Å². The predicted molar refractivity (Wildman–Crippen MR) is 128 cm³/mol. The highest BCUT2D eigenvalue weighted by molar-refractivity contribution is 5.97. The summed E-state index contributed by atoms with van der Waals surface area (Å²) < 4.78 is 0. The van der Waals surface area contributed by atoms with Gasteiger partial charge in [0.1, 0.15) is 0 Å². The minimum absolute atomic E-state index is 0.0367. The van der Waals surface area contributed by atoms with E-state index >= 15 is 0 Å². The van der Waals surface area contributed by atoms with Crippen LogP contribution in [0.2, 0.25) is 0 Å². The Morgan fingerprint density at radius 2 is 1.56 bits per heavy atom. The van der Waals surface area contributed by atoms with E-state index in [2.05, 4.69) is 22.9 Å². The quantitative estimate of drug-likeness (QED) is 0.607. The third-order valence-corrected chi connectivity index (χ3v) is 5.59. The Kier molecular flexibility index (Phi) is 7.87. The maximum Gasteiger partial charge on any atom is 0.253 e. The molecule has 3 rings (SSSR count). The maximum atomic E-state index is 12.8. The van der Waals surface area contributed by atoms with E-state index in [1.807, 2.05) is 36.9 Å². The zero-order chi connectivity index (χ0) is 23.1. The Bertz CT molecular complexity index is 948. The first-order valence-corrected chi connectivity index (χ1v) is 11.2. The SMILES string of the molecule is CC1CCN(C(=O)c2cccc(NCC(=O)Nc3ccc(NC(=O)C(C)C)cc3)c2)CC1. The molecule has 0 aromatic heterocycles. The van der Waals surface area contributed by atoms with Gasteiger partial charge in [-0.1, -0.05) is 26.8 Å². The van der Waals surface area contributed by atoms with Crippen LogP contribution >= 0.6 is 0 Å². The number of benzene rings is 2. The summed E-state index contributed by atoms with van der Waals surface area (Å²) in [5, 5.41) is 8.71. The molecule has 0 unspecified atom stereocenters. The first kappa shape index (κ1) is 23.3. The van der Waals surface area contributed by atoms with Crippen LogP contribution in [0, 0.1) is 11.8 Å². The van der Waals surface area contributed by atoms with Crippen LogP contribution < -0.4 is 16.0 Å². The summed E-state index contributed by atoms with van der Waals surface area (Å²) in [5.74, 6) is 0.347. The first-order valence-electron chi connectivity index (χ1n) is 11.2. The van der Waals surface area contributed by atoms with Gasteiger partial charge < -0.3 is 20.9 Å². The van der Waals surface area contributed by atoms with Crippen molar-refractivity contribution in [1.29, 1.82) is 0 Å². The van der Waals surface area contributed by atoms with Crippen molar-refractivity contribution in [2.45, 2.75) is 33.6 Å². The zero-order valence-electron chi connectivity index (χ0n) is 19.0. The van der Waals surface area contributed by atoms with Gasteiger partial charge in [0.15, 0.2) is 0 Å². The van der Waals surface area contributed by atoms with Gasteiger partial charge >= 0.3 is 0 Å². The predicted octanol–water partition coefficient (Wildman–Crippen LogP) is 4.20. The van der Waals surface area contributed by atoms with Crippen LogP contribution in [0.5, 0.6) is 0 Å². The molecular formula is C25H32N4O3. The number of hydrogen-bond acceptors (Lipinski definition) is 4. The second kappa shape index (κ2) is 10.8. The zero-order valence-corrected chi connectivity index (χ0v) is 19.0. The molecule has 1 aliphatic rings. The third kappa shape index (κ3) is 6.57. The van der Waals surface area contributed by atoms with Crippen molar-refractivity contribution in [2.24, 2.45) is 11.8 Å². The van der Waals surface area contributed by atoms with Gasteiger partial charge in [-0.05, 0) is 61.2 Å². The highest BCUT2D eigenvalue weighted by Crippen LogP contribution is 2.20. The van der Waals surface area contributed by atoms with Crippen LogP contribution in [0.4, 0.5) is 17.1 Å². The van der Waals surface area contributed by atoms with E-state index in [0.717, 1.165) is 31.6 Å². The number of carbonyl (C=O) groups is 3. The Balaban J connectivity index is 1.50. The van der Waals surface area contributed by atoms with Crippen molar-refractivity contribution < 1.29 is 14.4 Å². The van der Waals surface area contributed by atoms with Crippen molar-refractivity contribution in [2.75, 3.05) is 35.6 Å². The average Bonchev–Trinajstić information content (AvgIpc) is 2.79. The van der Waals surface area contributed by atoms with Crippen molar-refractivity contribution >= 4 is 34.8 Å². The van der Waals surface area contributed by atoms with E-state index in [1.165, 1.54) is 0 Å². The Morgan fingerprint density at radius 3 is 2.19 bits per heavy atom. The summed E-state index contributed by atoms with van der Waals surface area (Å²) >= 11 is 0. The number of rotatable bonds is 7. The molecule has 0 saturated carbocycles. The first-order chi connectivity index (χ1) is 15.3. The molecule has 170 valence electrons. The summed E-state index contributed by atoms with van der Waals surface area (Å²) in [6.45, 7) is 7.54. The molecule has 0 atom stereocenters. The number of likely N-dealkylation sites (tertiary alicyclic amines) is 1. The highest BCUT2D eigenvalue weighted by Gasteiger charge is 2.21. The number of carbonyl (C=O) groups excluding carboxylic acids is 3. The molecule has 2 aromatic rings. The van der Waals surface area contributed by atoms with Crippen molar-refractivity contribution in [3.63, 3.8) is 0 Å². The molecular weight excluding hydrogens is 404 g/mol. The summed E-state index contributed by atoms with van der Waals surface area (Å²) in [7, 11) is 0. The minimum atomic E-state index is -0.203. The number of anilines is 3. The smallest absolute Gasteiger partial charge is 0.253 e. The third-order valence-electron chi connectivity index (χ3n) is 5.59. The average molecular weight is 437 g/mol. The summed E-state index contributed by atoms with van der Waals surface area (Å²) in [6.07, 6.45) is 2.07. The minimum Gasteiger partial charge on any atom is -0.376 e. The van der Waals surface area contributed by atoms with Gasteiger partial charge in [-0.2, -0.15) is 0 Å². The molecule has 0 spiro atoms. The van der Waals surface area contributed by atoms with E-state index in [-0.39, 0.29) is 30.2 Å². The lowest BCUT2D eigenvalue weighted by Gasteiger charge is -2.30.